The fraction of sp³-hybridized carbons (Fsp3) is 0.857. The Morgan fingerprint density at radius 1 is 0.875 bits per heavy atom. The van der Waals surface area contributed by atoms with Crippen molar-refractivity contribution in [3.05, 3.63) is 0 Å². The number of carbonyl (C=O) groups is 2. The van der Waals surface area contributed by atoms with E-state index in [2.05, 4.69) is 32.2 Å². The molecule has 0 aliphatic heterocycles. The molecular formula is C14H33N4O3S2V. The van der Waals surface area contributed by atoms with Crippen LogP contribution in [0.3, 0.4) is 0 Å². The maximum Gasteiger partial charge on any atom is 0.235 e. The van der Waals surface area contributed by atoms with Crippen molar-refractivity contribution in [3.8, 4) is 0 Å². The molecular weight excluding hydrogens is 387 g/mol. The van der Waals surface area contributed by atoms with Crippen LogP contribution >= 0.6 is 25.3 Å². The summed E-state index contributed by atoms with van der Waals surface area (Å²) in [6.45, 7) is 2.22. The second-order valence-corrected chi connectivity index (χ2v) is 6.84. The van der Waals surface area contributed by atoms with Gasteiger partial charge in [0.05, 0.1) is 12.1 Å². The average Bonchev–Trinajstić information content (AvgIpc) is 2.57. The summed E-state index contributed by atoms with van der Waals surface area (Å²) in [6, 6.07) is -1.19. The van der Waals surface area contributed by atoms with E-state index >= 15 is 0 Å². The minimum absolute atomic E-state index is 0.315. The number of carbonyl (C=O) groups excluding carboxylic acids is 2. The Bertz CT molecular complexity index is 306. The van der Waals surface area contributed by atoms with Gasteiger partial charge in [-0.2, -0.15) is 25.3 Å². The monoisotopic (exact) mass is 420 g/mol. The van der Waals surface area contributed by atoms with E-state index in [1.165, 1.54) is 38.5 Å². The molecule has 0 unspecified atom stereocenters. The van der Waals surface area contributed by atoms with Crippen LogP contribution in [-0.4, -0.2) is 35.4 Å². The molecule has 2 atom stereocenters. The molecule has 0 aromatic carbocycles. The Balaban J connectivity index is -0.000000283. The zero-order valence-electron chi connectivity index (χ0n) is 14.4. The third-order valence-corrected chi connectivity index (χ3v) is 4.29. The van der Waals surface area contributed by atoms with Crippen LogP contribution in [0.2, 0.25) is 5.13 Å². The molecule has 0 aliphatic rings. The van der Waals surface area contributed by atoms with Crippen LogP contribution in [0.15, 0.2) is 0 Å². The SMILES string of the molecule is CCCCCCC[CH2][V]=[O].NC(=O)[C@@H](N)CS.NC(=O)[C@@H](N)CS. The van der Waals surface area contributed by atoms with Gasteiger partial charge in [-0.15, -0.1) is 0 Å². The molecule has 0 saturated carbocycles. The minimum atomic E-state index is -0.594. The Kier molecular flexibility index (Phi) is 27.5. The summed E-state index contributed by atoms with van der Waals surface area (Å²) in [4.78, 5) is 20.0. The van der Waals surface area contributed by atoms with E-state index in [9.17, 15) is 13.3 Å². The molecule has 0 fully saturated rings. The first-order valence-electron chi connectivity index (χ1n) is 7.88. The summed E-state index contributed by atoms with van der Waals surface area (Å²) in [5, 5.41) is 0.975. The van der Waals surface area contributed by atoms with Crippen LogP contribution in [0, 0.1) is 0 Å². The molecule has 0 bridgehead atoms. The second kappa shape index (κ2) is 22.9. The van der Waals surface area contributed by atoms with Crippen molar-refractivity contribution < 1.29 is 29.5 Å². The van der Waals surface area contributed by atoms with Crippen LogP contribution < -0.4 is 22.9 Å². The van der Waals surface area contributed by atoms with Crippen LogP contribution in [-0.2, 0) is 29.5 Å². The molecule has 24 heavy (non-hydrogen) atoms. The molecule has 10 heteroatoms. The van der Waals surface area contributed by atoms with Crippen LogP contribution in [0.25, 0.3) is 0 Å². The van der Waals surface area contributed by atoms with Gasteiger partial charge in [-0.3, -0.25) is 9.59 Å². The molecule has 7 nitrogen and oxygen atoms in total. The zero-order chi connectivity index (χ0) is 19.4. The fourth-order valence-corrected chi connectivity index (χ4v) is 2.05. The first kappa shape index (κ1) is 28.7. The maximum absolute atomic E-state index is 10.1. The fourth-order valence-electron chi connectivity index (χ4n) is 1.14. The maximum atomic E-state index is 10.1. The van der Waals surface area contributed by atoms with E-state index in [1.807, 2.05) is 0 Å². The molecule has 0 heterocycles. The number of unbranched alkanes of at least 4 members (excludes halogenated alkanes) is 5. The average molecular weight is 421 g/mol. The Hall–Kier alpha value is -0.0556. The number of thiol groups is 2. The van der Waals surface area contributed by atoms with Gasteiger partial charge >= 0.3 is 70.5 Å². The Labute approximate surface area is 163 Å². The molecule has 0 spiro atoms. The smallest absolute Gasteiger partial charge is 0.235 e. The van der Waals surface area contributed by atoms with Crippen molar-refractivity contribution in [1.82, 2.24) is 0 Å². The standard InChI is InChI=1S/C8H17.2C3H8N2OS.O.V/c1-3-5-7-8-6-4-2;2*4-2(1-7)3(5)6;;/h1,3-8H2,2H3;2*2,7H,1,4H2,(H2,5,6);;/t;2*2-;;/m.00../s1. The number of amides is 2. The first-order chi connectivity index (χ1) is 11.3. The Morgan fingerprint density at radius 3 is 1.50 bits per heavy atom. The number of rotatable bonds is 11. The van der Waals surface area contributed by atoms with Gasteiger partial charge < -0.3 is 22.9 Å². The van der Waals surface area contributed by atoms with E-state index in [1.54, 1.807) is 0 Å². The van der Waals surface area contributed by atoms with Crippen LogP contribution in [0.1, 0.15) is 45.4 Å². The van der Waals surface area contributed by atoms with Gasteiger partial charge in [0.2, 0.25) is 11.8 Å². The number of hydrogen-bond donors (Lipinski definition) is 6. The molecule has 0 aromatic rings. The molecule has 144 valence electrons. The van der Waals surface area contributed by atoms with Gasteiger partial charge in [-0.25, -0.2) is 0 Å². The van der Waals surface area contributed by atoms with Crippen molar-refractivity contribution in [2.45, 2.75) is 62.7 Å². The van der Waals surface area contributed by atoms with Gasteiger partial charge in [-0.1, -0.05) is 0 Å². The molecule has 0 aromatic heterocycles. The number of nitrogens with two attached hydrogens (primary N) is 4. The van der Waals surface area contributed by atoms with Crippen LogP contribution in [0.5, 0.6) is 0 Å². The van der Waals surface area contributed by atoms with E-state index in [0.29, 0.717) is 11.5 Å². The first-order valence-corrected chi connectivity index (χ1v) is 10.7. The predicted octanol–water partition coefficient (Wildman–Crippen LogP) is 0.651. The minimum Gasteiger partial charge on any atom is -0.368 e. The Morgan fingerprint density at radius 2 is 1.25 bits per heavy atom. The molecule has 0 aliphatic carbocycles. The van der Waals surface area contributed by atoms with Crippen molar-refractivity contribution >= 4 is 37.1 Å². The van der Waals surface area contributed by atoms with Crippen molar-refractivity contribution in [2.75, 3.05) is 11.5 Å². The van der Waals surface area contributed by atoms with Gasteiger partial charge in [-0.05, 0) is 0 Å². The van der Waals surface area contributed by atoms with E-state index < -0.39 is 40.1 Å². The van der Waals surface area contributed by atoms with Gasteiger partial charge in [0.25, 0.3) is 0 Å². The summed E-state index contributed by atoms with van der Waals surface area (Å²) in [5.74, 6) is -0.380. The quantitative estimate of drug-likeness (QED) is 0.214. The predicted molar refractivity (Wildman–Crippen MR) is 101 cm³/mol. The summed E-state index contributed by atoms with van der Waals surface area (Å²) in [5.41, 5.74) is 19.6. The van der Waals surface area contributed by atoms with Gasteiger partial charge in [0.15, 0.2) is 0 Å². The summed E-state index contributed by atoms with van der Waals surface area (Å²) >= 11 is 6.91. The van der Waals surface area contributed by atoms with Crippen molar-refractivity contribution in [2.24, 2.45) is 22.9 Å². The summed E-state index contributed by atoms with van der Waals surface area (Å²) in [7, 11) is 0. The third-order valence-electron chi connectivity index (χ3n) is 2.73. The molecule has 0 saturated heterocycles. The molecule has 0 radical (unpaired) electrons. The van der Waals surface area contributed by atoms with Crippen LogP contribution in [0.4, 0.5) is 0 Å². The topological polar surface area (TPSA) is 155 Å². The molecule has 2 amide bonds. The third kappa shape index (κ3) is 26.8. The summed E-state index contributed by atoms with van der Waals surface area (Å²) < 4.78 is 10.1. The van der Waals surface area contributed by atoms with E-state index in [4.69, 9.17) is 22.9 Å². The normalized spacial score (nSPS) is 11.9. The second-order valence-electron chi connectivity index (χ2n) is 5.00. The summed E-state index contributed by atoms with van der Waals surface area (Å²) in [6.07, 6.45) is 7.87. The van der Waals surface area contributed by atoms with E-state index in [0.717, 1.165) is 5.13 Å². The van der Waals surface area contributed by atoms with Gasteiger partial charge in [0.1, 0.15) is 0 Å². The van der Waals surface area contributed by atoms with Crippen molar-refractivity contribution in [1.29, 1.82) is 0 Å². The largest absolute Gasteiger partial charge is 0.368 e. The zero-order valence-corrected chi connectivity index (χ0v) is 17.6. The number of primary amides is 2. The molecule has 8 N–H and O–H groups in total. The van der Waals surface area contributed by atoms with Crippen molar-refractivity contribution in [3.63, 3.8) is 0 Å². The molecule has 0 rings (SSSR count). The van der Waals surface area contributed by atoms with E-state index in [-0.39, 0.29) is 0 Å². The number of hydrogen-bond acceptors (Lipinski definition) is 7. The van der Waals surface area contributed by atoms with Gasteiger partial charge in [0, 0.05) is 11.5 Å².